The maximum Gasteiger partial charge on any atom is 0.337 e. The molecule has 0 saturated carbocycles. The predicted octanol–water partition coefficient (Wildman–Crippen LogP) is 2.20. The lowest BCUT2D eigenvalue weighted by Gasteiger charge is -2.22. The van der Waals surface area contributed by atoms with E-state index in [4.69, 9.17) is 5.73 Å². The minimum absolute atomic E-state index is 0. The van der Waals surface area contributed by atoms with Crippen molar-refractivity contribution in [2.24, 2.45) is 11.7 Å². The second-order valence-electron chi connectivity index (χ2n) is 5.99. The zero-order chi connectivity index (χ0) is 17.8. The van der Waals surface area contributed by atoms with Gasteiger partial charge < -0.3 is 10.5 Å². The van der Waals surface area contributed by atoms with Crippen molar-refractivity contribution in [2.75, 3.05) is 20.7 Å². The molecule has 8 heteroatoms. The number of halogens is 1. The van der Waals surface area contributed by atoms with E-state index in [1.807, 2.05) is 13.8 Å². The van der Waals surface area contributed by atoms with E-state index in [1.54, 1.807) is 19.1 Å². The number of carbonyl (C=O) groups excluding carboxylic acids is 1. The highest BCUT2D eigenvalue weighted by Crippen LogP contribution is 2.21. The van der Waals surface area contributed by atoms with Gasteiger partial charge in [-0.15, -0.1) is 12.4 Å². The quantitative estimate of drug-likeness (QED) is 0.734. The van der Waals surface area contributed by atoms with Gasteiger partial charge in [0, 0.05) is 19.6 Å². The fourth-order valence-electron chi connectivity index (χ4n) is 2.08. The van der Waals surface area contributed by atoms with Crippen LogP contribution in [-0.4, -0.2) is 45.4 Å². The van der Waals surface area contributed by atoms with Crippen LogP contribution in [0.4, 0.5) is 0 Å². The van der Waals surface area contributed by atoms with Gasteiger partial charge in [0.25, 0.3) is 0 Å². The van der Waals surface area contributed by atoms with Crippen molar-refractivity contribution in [2.45, 2.75) is 38.1 Å². The molecule has 138 valence electrons. The van der Waals surface area contributed by atoms with E-state index in [0.717, 1.165) is 0 Å². The minimum atomic E-state index is -3.69. The molecule has 0 aliphatic carbocycles. The van der Waals surface area contributed by atoms with Gasteiger partial charge in [0.2, 0.25) is 10.0 Å². The highest BCUT2D eigenvalue weighted by molar-refractivity contribution is 7.89. The van der Waals surface area contributed by atoms with E-state index < -0.39 is 16.0 Å². The molecule has 1 rings (SSSR count). The molecule has 0 heterocycles. The zero-order valence-corrected chi connectivity index (χ0v) is 16.4. The number of nitrogens with two attached hydrogens (primary N) is 1. The highest BCUT2D eigenvalue weighted by atomic mass is 35.5. The number of carbonyl (C=O) groups is 1. The maximum atomic E-state index is 12.7. The molecule has 1 aromatic rings. The first-order valence-corrected chi connectivity index (χ1v) is 8.96. The fraction of sp³-hybridized carbons (Fsp3) is 0.562. The van der Waals surface area contributed by atoms with Gasteiger partial charge in [-0.1, -0.05) is 19.9 Å². The maximum absolute atomic E-state index is 12.7. The van der Waals surface area contributed by atoms with Gasteiger partial charge in [-0.25, -0.2) is 17.5 Å². The SMILES string of the molecule is COC(=O)c1ccc(C)c(S(=O)(=O)N(C)CCC(N)C(C)C)c1.Cl. The third-order valence-corrected chi connectivity index (χ3v) is 5.93. The Bertz CT molecular complexity index is 662. The Morgan fingerprint density at radius 3 is 2.42 bits per heavy atom. The monoisotopic (exact) mass is 378 g/mol. The summed E-state index contributed by atoms with van der Waals surface area (Å²) in [6.07, 6.45) is 0.573. The van der Waals surface area contributed by atoms with Crippen LogP contribution in [0.3, 0.4) is 0 Å². The summed E-state index contributed by atoms with van der Waals surface area (Å²) in [5.74, 6) is -0.276. The Balaban J connectivity index is 0.00000529. The summed E-state index contributed by atoms with van der Waals surface area (Å²) in [5, 5.41) is 0. The number of methoxy groups -OCH3 is 1. The molecule has 0 aromatic heterocycles. The summed E-state index contributed by atoms with van der Waals surface area (Å²) in [6.45, 7) is 6.03. The van der Waals surface area contributed by atoms with Crippen molar-refractivity contribution in [3.8, 4) is 0 Å². The van der Waals surface area contributed by atoms with Crippen LogP contribution < -0.4 is 5.73 Å². The van der Waals surface area contributed by atoms with Crippen molar-refractivity contribution in [3.05, 3.63) is 29.3 Å². The van der Waals surface area contributed by atoms with Crippen LogP contribution >= 0.6 is 12.4 Å². The molecule has 6 nitrogen and oxygen atoms in total. The average molecular weight is 379 g/mol. The third-order valence-electron chi connectivity index (χ3n) is 3.93. The number of sulfonamides is 1. The summed E-state index contributed by atoms with van der Waals surface area (Å²) < 4.78 is 31.4. The summed E-state index contributed by atoms with van der Waals surface area (Å²) in [5.41, 5.74) is 6.77. The number of nitrogens with zero attached hydrogens (tertiary/aromatic N) is 1. The molecule has 1 atom stereocenters. The molecule has 0 radical (unpaired) electrons. The number of ether oxygens (including phenoxy) is 1. The van der Waals surface area contributed by atoms with Gasteiger partial charge >= 0.3 is 5.97 Å². The highest BCUT2D eigenvalue weighted by Gasteiger charge is 2.24. The lowest BCUT2D eigenvalue weighted by Crippen LogP contribution is -2.35. The number of benzene rings is 1. The van der Waals surface area contributed by atoms with Gasteiger partial charge in [0.15, 0.2) is 0 Å². The molecular formula is C16H27ClN2O4S. The number of hydrogen-bond acceptors (Lipinski definition) is 5. The minimum Gasteiger partial charge on any atom is -0.465 e. The van der Waals surface area contributed by atoms with Crippen LogP contribution in [0.5, 0.6) is 0 Å². The summed E-state index contributed by atoms with van der Waals surface area (Å²) in [6, 6.07) is 4.45. The van der Waals surface area contributed by atoms with Crippen LogP contribution in [0.15, 0.2) is 23.1 Å². The Kier molecular flexibility index (Phi) is 8.91. The van der Waals surface area contributed by atoms with Crippen molar-refractivity contribution >= 4 is 28.4 Å². The Labute approximate surface area is 150 Å². The van der Waals surface area contributed by atoms with E-state index in [-0.39, 0.29) is 34.8 Å². The van der Waals surface area contributed by atoms with Gasteiger partial charge in [-0.2, -0.15) is 0 Å². The van der Waals surface area contributed by atoms with Gasteiger partial charge in [0.1, 0.15) is 0 Å². The molecule has 1 aromatic carbocycles. The molecule has 0 aliphatic rings. The first-order valence-electron chi connectivity index (χ1n) is 7.52. The number of hydrogen-bond donors (Lipinski definition) is 1. The van der Waals surface area contributed by atoms with Crippen LogP contribution in [0.25, 0.3) is 0 Å². The zero-order valence-electron chi connectivity index (χ0n) is 14.8. The molecule has 0 fully saturated rings. The smallest absolute Gasteiger partial charge is 0.337 e. The molecular weight excluding hydrogens is 352 g/mol. The van der Waals surface area contributed by atoms with E-state index in [0.29, 0.717) is 18.5 Å². The standard InChI is InChI=1S/C16H26N2O4S.ClH/c1-11(2)14(17)8-9-18(4)23(20,21)15-10-13(16(19)22-5)7-6-12(15)3;/h6-7,10-11,14H,8-9,17H2,1-5H3;1H. The van der Waals surface area contributed by atoms with Crippen molar-refractivity contribution < 1.29 is 17.9 Å². The molecule has 2 N–H and O–H groups in total. The Hall–Kier alpha value is -1.15. The molecule has 0 spiro atoms. The van der Waals surface area contributed by atoms with Crippen molar-refractivity contribution in [1.29, 1.82) is 0 Å². The van der Waals surface area contributed by atoms with Crippen LogP contribution in [0.1, 0.15) is 36.2 Å². The lowest BCUT2D eigenvalue weighted by molar-refractivity contribution is 0.0600. The van der Waals surface area contributed by atoms with E-state index in [2.05, 4.69) is 4.74 Å². The van der Waals surface area contributed by atoms with E-state index in [9.17, 15) is 13.2 Å². The van der Waals surface area contributed by atoms with Crippen molar-refractivity contribution in [1.82, 2.24) is 4.31 Å². The largest absolute Gasteiger partial charge is 0.465 e. The van der Waals surface area contributed by atoms with E-state index >= 15 is 0 Å². The lowest BCUT2D eigenvalue weighted by atomic mass is 10.0. The summed E-state index contributed by atoms with van der Waals surface area (Å²) >= 11 is 0. The first kappa shape index (κ1) is 22.9. The Morgan fingerprint density at radius 1 is 1.33 bits per heavy atom. The molecule has 0 aliphatic heterocycles. The normalized spacial score (nSPS) is 12.8. The molecule has 0 saturated heterocycles. The average Bonchev–Trinajstić information content (AvgIpc) is 2.51. The van der Waals surface area contributed by atoms with Crippen LogP contribution in [-0.2, 0) is 14.8 Å². The number of rotatable bonds is 7. The number of esters is 1. The Morgan fingerprint density at radius 2 is 1.92 bits per heavy atom. The van der Waals surface area contributed by atoms with Crippen LogP contribution in [0, 0.1) is 12.8 Å². The van der Waals surface area contributed by atoms with Gasteiger partial charge in [-0.05, 0) is 37.0 Å². The van der Waals surface area contributed by atoms with Gasteiger partial charge in [-0.3, -0.25) is 0 Å². The predicted molar refractivity (Wildman–Crippen MR) is 97.0 cm³/mol. The summed E-state index contributed by atoms with van der Waals surface area (Å²) in [4.78, 5) is 11.7. The molecule has 0 amide bonds. The van der Waals surface area contributed by atoms with Crippen molar-refractivity contribution in [3.63, 3.8) is 0 Å². The van der Waals surface area contributed by atoms with Gasteiger partial charge in [0.05, 0.1) is 17.6 Å². The topological polar surface area (TPSA) is 89.7 Å². The first-order chi connectivity index (χ1) is 10.6. The second-order valence-corrected chi connectivity index (χ2v) is 8.01. The second kappa shape index (κ2) is 9.36. The molecule has 24 heavy (non-hydrogen) atoms. The third kappa shape index (κ3) is 5.44. The van der Waals surface area contributed by atoms with E-state index in [1.165, 1.54) is 24.5 Å². The number of aryl methyl sites for hydroxylation is 1. The fourth-order valence-corrected chi connectivity index (χ4v) is 3.51. The van der Waals surface area contributed by atoms with Crippen LogP contribution in [0.2, 0.25) is 0 Å². The molecule has 0 bridgehead atoms. The summed E-state index contributed by atoms with van der Waals surface area (Å²) in [7, 11) is -0.905. The molecule has 1 unspecified atom stereocenters.